The van der Waals surface area contributed by atoms with Crippen molar-refractivity contribution in [1.82, 2.24) is 9.97 Å². The quantitative estimate of drug-likeness (QED) is 0.928. The molecular weight excluding hydrogens is 275 g/mol. The van der Waals surface area contributed by atoms with Crippen molar-refractivity contribution in [2.45, 2.75) is 20.0 Å². The van der Waals surface area contributed by atoms with E-state index in [2.05, 4.69) is 15.3 Å². The summed E-state index contributed by atoms with van der Waals surface area (Å²) >= 11 is 1.36. The normalized spacial score (nSPS) is 11.6. The van der Waals surface area contributed by atoms with Gasteiger partial charge in [0.15, 0.2) is 0 Å². The zero-order valence-corrected chi connectivity index (χ0v) is 11.2. The standard InChI is InChI=1S/C12H12F3N3S/c1-3-16-9-6-8(10-7(2)4-5-19-10)17-11(18-9)12(13,14)15/h4-6H,3H2,1-2H3,(H,16,17,18). The van der Waals surface area contributed by atoms with E-state index >= 15 is 0 Å². The number of thiophene rings is 1. The van der Waals surface area contributed by atoms with Gasteiger partial charge < -0.3 is 5.32 Å². The van der Waals surface area contributed by atoms with Crippen LogP contribution in [0, 0.1) is 6.92 Å². The Labute approximate surface area is 112 Å². The summed E-state index contributed by atoms with van der Waals surface area (Å²) in [5, 5.41) is 4.62. The fraction of sp³-hybridized carbons (Fsp3) is 0.333. The second-order valence-electron chi connectivity index (χ2n) is 3.92. The maximum Gasteiger partial charge on any atom is 0.451 e. The van der Waals surface area contributed by atoms with E-state index in [1.165, 1.54) is 17.4 Å². The van der Waals surface area contributed by atoms with Crippen molar-refractivity contribution >= 4 is 17.2 Å². The summed E-state index contributed by atoms with van der Waals surface area (Å²) in [6, 6.07) is 3.39. The molecule has 2 rings (SSSR count). The van der Waals surface area contributed by atoms with Gasteiger partial charge in [-0.3, -0.25) is 0 Å². The van der Waals surface area contributed by atoms with E-state index in [0.29, 0.717) is 12.2 Å². The second kappa shape index (κ2) is 5.16. The van der Waals surface area contributed by atoms with Crippen LogP contribution in [-0.2, 0) is 6.18 Å². The molecule has 0 fully saturated rings. The molecule has 0 saturated heterocycles. The van der Waals surface area contributed by atoms with Crippen LogP contribution in [0.2, 0.25) is 0 Å². The Kier molecular flexibility index (Phi) is 3.75. The molecule has 0 radical (unpaired) electrons. The van der Waals surface area contributed by atoms with Gasteiger partial charge in [-0.25, -0.2) is 9.97 Å². The van der Waals surface area contributed by atoms with Crippen molar-refractivity contribution in [2.24, 2.45) is 0 Å². The van der Waals surface area contributed by atoms with Gasteiger partial charge in [0.25, 0.3) is 0 Å². The van der Waals surface area contributed by atoms with Crippen molar-refractivity contribution in [1.29, 1.82) is 0 Å². The smallest absolute Gasteiger partial charge is 0.370 e. The minimum absolute atomic E-state index is 0.188. The second-order valence-corrected chi connectivity index (χ2v) is 4.84. The third kappa shape index (κ3) is 3.04. The van der Waals surface area contributed by atoms with E-state index in [1.807, 2.05) is 18.4 Å². The molecule has 0 aromatic carbocycles. The van der Waals surface area contributed by atoms with E-state index in [0.717, 1.165) is 10.4 Å². The molecule has 0 aliphatic carbocycles. The predicted molar refractivity (Wildman–Crippen MR) is 69.2 cm³/mol. The molecule has 3 nitrogen and oxygen atoms in total. The third-order valence-corrected chi connectivity index (χ3v) is 3.47. The lowest BCUT2D eigenvalue weighted by Crippen LogP contribution is -2.13. The summed E-state index contributed by atoms with van der Waals surface area (Å²) in [7, 11) is 0. The molecule has 0 atom stereocenters. The van der Waals surface area contributed by atoms with Gasteiger partial charge in [-0.05, 0) is 30.9 Å². The number of aromatic nitrogens is 2. The minimum Gasteiger partial charge on any atom is -0.370 e. The Morgan fingerprint density at radius 3 is 2.58 bits per heavy atom. The Hall–Kier alpha value is -1.63. The highest BCUT2D eigenvalue weighted by molar-refractivity contribution is 7.13. The van der Waals surface area contributed by atoms with Crippen LogP contribution in [0.3, 0.4) is 0 Å². The van der Waals surface area contributed by atoms with Gasteiger partial charge >= 0.3 is 6.18 Å². The van der Waals surface area contributed by atoms with Crippen molar-refractivity contribution in [3.8, 4) is 10.6 Å². The Morgan fingerprint density at radius 1 is 1.32 bits per heavy atom. The maximum absolute atomic E-state index is 12.8. The van der Waals surface area contributed by atoms with Gasteiger partial charge in [0.2, 0.25) is 5.82 Å². The van der Waals surface area contributed by atoms with Crippen molar-refractivity contribution in [3.63, 3.8) is 0 Å². The summed E-state index contributed by atoms with van der Waals surface area (Å²) in [6.07, 6.45) is -4.55. The largest absolute Gasteiger partial charge is 0.451 e. The lowest BCUT2D eigenvalue weighted by Gasteiger charge is -2.10. The number of hydrogen-bond acceptors (Lipinski definition) is 4. The van der Waals surface area contributed by atoms with Gasteiger partial charge in [-0.2, -0.15) is 13.2 Å². The zero-order chi connectivity index (χ0) is 14.0. The molecule has 0 spiro atoms. The molecule has 1 N–H and O–H groups in total. The zero-order valence-electron chi connectivity index (χ0n) is 10.4. The summed E-state index contributed by atoms with van der Waals surface area (Å²) in [5.74, 6) is -0.929. The van der Waals surface area contributed by atoms with E-state index in [4.69, 9.17) is 0 Å². The summed E-state index contributed by atoms with van der Waals surface area (Å²) in [5.41, 5.74) is 1.20. The third-order valence-electron chi connectivity index (χ3n) is 2.43. The Balaban J connectivity index is 2.55. The van der Waals surface area contributed by atoms with E-state index in [1.54, 1.807) is 6.92 Å². The topological polar surface area (TPSA) is 37.8 Å². The minimum atomic E-state index is -4.55. The van der Waals surface area contributed by atoms with Gasteiger partial charge in [-0.1, -0.05) is 0 Å². The van der Waals surface area contributed by atoms with Crippen LogP contribution in [-0.4, -0.2) is 16.5 Å². The molecular formula is C12H12F3N3S. The monoisotopic (exact) mass is 287 g/mol. The van der Waals surface area contributed by atoms with E-state index in [9.17, 15) is 13.2 Å². The lowest BCUT2D eigenvalue weighted by molar-refractivity contribution is -0.144. The highest BCUT2D eigenvalue weighted by Gasteiger charge is 2.35. The summed E-state index contributed by atoms with van der Waals surface area (Å²) in [6.45, 7) is 4.14. The predicted octanol–water partition coefficient (Wildman–Crippen LogP) is 3.96. The number of halogens is 3. The fourth-order valence-electron chi connectivity index (χ4n) is 1.60. The van der Waals surface area contributed by atoms with Crippen molar-refractivity contribution in [3.05, 3.63) is 28.9 Å². The number of alkyl halides is 3. The molecule has 2 heterocycles. The number of hydrogen-bond donors (Lipinski definition) is 1. The van der Waals surface area contributed by atoms with Crippen LogP contribution in [0.25, 0.3) is 10.6 Å². The molecule has 102 valence electrons. The maximum atomic E-state index is 12.8. The van der Waals surface area contributed by atoms with Gasteiger partial charge in [0.1, 0.15) is 5.82 Å². The first-order chi connectivity index (χ1) is 8.91. The summed E-state index contributed by atoms with van der Waals surface area (Å²) in [4.78, 5) is 7.84. The first kappa shape index (κ1) is 13.8. The molecule has 0 aliphatic heterocycles. The Bertz CT molecular complexity index is 578. The number of aryl methyl sites for hydroxylation is 1. The van der Waals surface area contributed by atoms with Gasteiger partial charge in [0, 0.05) is 12.6 Å². The molecule has 0 saturated carbocycles. The number of rotatable bonds is 3. The lowest BCUT2D eigenvalue weighted by atomic mass is 10.2. The molecule has 0 bridgehead atoms. The van der Waals surface area contributed by atoms with E-state index in [-0.39, 0.29) is 5.82 Å². The average molecular weight is 287 g/mol. The average Bonchev–Trinajstić information content (AvgIpc) is 2.74. The molecule has 0 aliphatic rings. The first-order valence-corrected chi connectivity index (χ1v) is 6.54. The highest BCUT2D eigenvalue weighted by atomic mass is 32.1. The van der Waals surface area contributed by atoms with Crippen LogP contribution in [0.5, 0.6) is 0 Å². The van der Waals surface area contributed by atoms with Gasteiger partial charge in [-0.15, -0.1) is 11.3 Å². The first-order valence-electron chi connectivity index (χ1n) is 5.66. The fourth-order valence-corrected chi connectivity index (χ4v) is 2.48. The van der Waals surface area contributed by atoms with Crippen LogP contribution in [0.15, 0.2) is 17.5 Å². The molecule has 7 heteroatoms. The van der Waals surface area contributed by atoms with Crippen molar-refractivity contribution in [2.75, 3.05) is 11.9 Å². The van der Waals surface area contributed by atoms with Crippen LogP contribution >= 0.6 is 11.3 Å². The molecule has 0 amide bonds. The van der Waals surface area contributed by atoms with Gasteiger partial charge in [0.05, 0.1) is 10.6 Å². The van der Waals surface area contributed by atoms with Crippen LogP contribution in [0.4, 0.5) is 19.0 Å². The molecule has 0 unspecified atom stereocenters. The highest BCUT2D eigenvalue weighted by Crippen LogP contribution is 2.33. The van der Waals surface area contributed by atoms with Crippen molar-refractivity contribution < 1.29 is 13.2 Å². The summed E-state index contributed by atoms with van der Waals surface area (Å²) < 4.78 is 38.3. The SMILES string of the molecule is CCNc1cc(-c2sccc2C)nc(C(F)(F)F)n1. The molecule has 19 heavy (non-hydrogen) atoms. The number of anilines is 1. The number of nitrogens with zero attached hydrogens (tertiary/aromatic N) is 2. The number of nitrogens with one attached hydrogen (secondary N) is 1. The van der Waals surface area contributed by atoms with Crippen LogP contribution < -0.4 is 5.32 Å². The molecule has 2 aromatic heterocycles. The molecule has 2 aromatic rings. The van der Waals surface area contributed by atoms with E-state index < -0.39 is 12.0 Å². The Morgan fingerprint density at radius 2 is 2.05 bits per heavy atom. The van der Waals surface area contributed by atoms with Crippen LogP contribution in [0.1, 0.15) is 18.3 Å².